The first-order valence-corrected chi connectivity index (χ1v) is 13.6. The van der Waals surface area contributed by atoms with E-state index in [-0.39, 0.29) is 0 Å². The van der Waals surface area contributed by atoms with Gasteiger partial charge in [-0.25, -0.2) is 8.42 Å². The number of hydrogen-bond acceptors (Lipinski definition) is 3. The summed E-state index contributed by atoms with van der Waals surface area (Å²) in [6.45, 7) is 8.22. The molecule has 182 valence electrons. The Morgan fingerprint density at radius 1 is 0.800 bits per heavy atom. The Balaban J connectivity index is 0. The molecule has 30 heavy (non-hydrogen) atoms. The van der Waals surface area contributed by atoms with E-state index in [1.807, 2.05) is 0 Å². The lowest BCUT2D eigenvalue weighted by molar-refractivity contribution is -0.914. The van der Waals surface area contributed by atoms with Crippen LogP contribution >= 0.6 is 0 Å². The second-order valence-corrected chi connectivity index (χ2v) is 9.81. The number of allylic oxidation sites excluding steroid dienone is 2. The van der Waals surface area contributed by atoms with Gasteiger partial charge < -0.3 is 9.04 Å². The summed E-state index contributed by atoms with van der Waals surface area (Å²) in [5, 5.41) is 0. The second-order valence-electron chi connectivity index (χ2n) is 8.96. The Kier molecular flexibility index (Phi) is 21.7. The van der Waals surface area contributed by atoms with Crippen LogP contribution in [0.3, 0.4) is 0 Å². The molecule has 0 fully saturated rings. The van der Waals surface area contributed by atoms with E-state index in [4.69, 9.17) is 17.5 Å². The van der Waals surface area contributed by atoms with Crippen LogP contribution in [-0.2, 0) is 10.4 Å². The highest BCUT2D eigenvalue weighted by Crippen LogP contribution is 2.18. The molecular weight excluding hydrogens is 398 g/mol. The van der Waals surface area contributed by atoms with Crippen LogP contribution in [0.4, 0.5) is 0 Å². The van der Waals surface area contributed by atoms with Crippen molar-refractivity contribution in [3.05, 3.63) is 12.2 Å². The number of hydrogen-bond donors (Lipinski definition) is 1. The molecule has 5 nitrogen and oxygen atoms in total. The van der Waals surface area contributed by atoms with Crippen LogP contribution in [0.25, 0.3) is 0 Å². The van der Waals surface area contributed by atoms with Crippen molar-refractivity contribution in [2.45, 2.75) is 123 Å². The molecule has 0 saturated heterocycles. The van der Waals surface area contributed by atoms with E-state index in [9.17, 15) is 0 Å². The Hall–Kier alpha value is -0.430. The van der Waals surface area contributed by atoms with E-state index in [0.29, 0.717) is 0 Å². The fourth-order valence-corrected chi connectivity index (χ4v) is 3.76. The van der Waals surface area contributed by atoms with Crippen LogP contribution in [0, 0.1) is 0 Å². The van der Waals surface area contributed by atoms with Crippen molar-refractivity contribution in [3.63, 3.8) is 0 Å². The third kappa shape index (κ3) is 25.6. The predicted molar refractivity (Wildman–Crippen MR) is 129 cm³/mol. The average molecular weight is 450 g/mol. The molecule has 0 heterocycles. The summed E-state index contributed by atoms with van der Waals surface area (Å²) in [4.78, 5) is 0. The highest BCUT2D eigenvalue weighted by Gasteiger charge is 2.23. The molecule has 0 aromatic rings. The van der Waals surface area contributed by atoms with Crippen molar-refractivity contribution >= 4 is 10.4 Å². The zero-order chi connectivity index (χ0) is 23.3. The van der Waals surface area contributed by atoms with Gasteiger partial charge in [-0.05, 0) is 51.9 Å². The van der Waals surface area contributed by atoms with Crippen molar-refractivity contribution in [1.29, 1.82) is 0 Å². The van der Waals surface area contributed by atoms with Gasteiger partial charge in [-0.3, -0.25) is 4.55 Å². The van der Waals surface area contributed by atoms with Gasteiger partial charge in [-0.1, -0.05) is 77.4 Å². The third-order valence-corrected chi connectivity index (χ3v) is 6.07. The number of nitrogens with zero attached hydrogens (tertiary/aromatic N) is 1. The Labute approximate surface area is 188 Å². The number of quaternary nitrogens is 1. The van der Waals surface area contributed by atoms with E-state index in [2.05, 4.69) is 47.0 Å². The van der Waals surface area contributed by atoms with Crippen molar-refractivity contribution in [3.8, 4) is 0 Å². The summed E-state index contributed by atoms with van der Waals surface area (Å²) >= 11 is 0. The van der Waals surface area contributed by atoms with E-state index >= 15 is 0 Å². The molecule has 0 spiro atoms. The zero-order valence-corrected chi connectivity index (χ0v) is 21.4. The topological polar surface area (TPSA) is 77.4 Å². The van der Waals surface area contributed by atoms with E-state index < -0.39 is 10.4 Å². The highest BCUT2D eigenvalue weighted by molar-refractivity contribution is 7.79. The smallest absolute Gasteiger partial charge is 0.215 e. The highest BCUT2D eigenvalue weighted by atomic mass is 32.3. The van der Waals surface area contributed by atoms with Gasteiger partial charge in [-0.15, -0.1) is 0 Å². The molecule has 0 aliphatic heterocycles. The van der Waals surface area contributed by atoms with Crippen LogP contribution < -0.4 is 0 Å². The molecule has 0 aromatic carbocycles. The van der Waals surface area contributed by atoms with Crippen molar-refractivity contribution in [2.24, 2.45) is 0 Å². The van der Waals surface area contributed by atoms with Gasteiger partial charge in [-0.2, -0.15) is 0 Å². The molecule has 1 N–H and O–H groups in total. The quantitative estimate of drug-likeness (QED) is 0.0811. The maximum Gasteiger partial charge on any atom is 0.215 e. The zero-order valence-electron chi connectivity index (χ0n) is 20.6. The van der Waals surface area contributed by atoms with E-state index in [0.717, 1.165) is 6.04 Å². The first kappa shape index (κ1) is 31.8. The molecule has 0 rings (SSSR count). The van der Waals surface area contributed by atoms with Gasteiger partial charge >= 0.3 is 0 Å². The maximum absolute atomic E-state index is 8.63. The van der Waals surface area contributed by atoms with E-state index in [1.54, 1.807) is 0 Å². The number of rotatable bonds is 18. The van der Waals surface area contributed by atoms with Gasteiger partial charge in [0.1, 0.15) is 0 Å². The molecule has 1 unspecified atom stereocenters. The van der Waals surface area contributed by atoms with Gasteiger partial charge in [0.05, 0.1) is 26.7 Å². The fourth-order valence-electron chi connectivity index (χ4n) is 3.76. The van der Waals surface area contributed by atoms with Crippen molar-refractivity contribution in [2.75, 3.05) is 20.6 Å². The second kappa shape index (κ2) is 20.5. The van der Waals surface area contributed by atoms with Gasteiger partial charge in [0.2, 0.25) is 10.4 Å². The molecule has 0 aromatic heterocycles. The third-order valence-electron chi connectivity index (χ3n) is 6.07. The molecule has 6 heteroatoms. The van der Waals surface area contributed by atoms with Crippen LogP contribution in [-0.4, -0.2) is 48.7 Å². The lowest BCUT2D eigenvalue weighted by Crippen LogP contribution is -2.48. The molecular formula is C24H51NO4S. The normalized spacial score (nSPS) is 13.3. The molecule has 0 bridgehead atoms. The van der Waals surface area contributed by atoms with Crippen molar-refractivity contribution < 1.29 is 22.0 Å². The average Bonchev–Trinajstić information content (AvgIpc) is 2.66. The first-order chi connectivity index (χ1) is 14.1. The SMILES string of the molecule is CCCCCCCC/C=C/CCCCCCCC(CC)[N+](C)(C)CC.O=S(=O)([O-])O. The molecule has 0 radical (unpaired) electrons. The lowest BCUT2D eigenvalue weighted by atomic mass is 10.0. The maximum atomic E-state index is 8.63. The molecule has 0 aliphatic rings. The van der Waals surface area contributed by atoms with Crippen LogP contribution in [0.1, 0.15) is 117 Å². The minimum absolute atomic E-state index is 0.856. The predicted octanol–water partition coefficient (Wildman–Crippen LogP) is 6.90. The Morgan fingerprint density at radius 3 is 1.60 bits per heavy atom. The fraction of sp³-hybridized carbons (Fsp3) is 0.917. The van der Waals surface area contributed by atoms with Gasteiger partial charge in [0.15, 0.2) is 0 Å². The van der Waals surface area contributed by atoms with Gasteiger partial charge in [0.25, 0.3) is 0 Å². The monoisotopic (exact) mass is 449 g/mol. The first-order valence-electron chi connectivity index (χ1n) is 12.2. The van der Waals surface area contributed by atoms with Crippen LogP contribution in [0.15, 0.2) is 12.2 Å². The summed E-state index contributed by atoms with van der Waals surface area (Å²) in [5.74, 6) is 0. The summed E-state index contributed by atoms with van der Waals surface area (Å²) in [5.41, 5.74) is 0. The Morgan fingerprint density at radius 2 is 1.20 bits per heavy atom. The minimum Gasteiger partial charge on any atom is -0.726 e. The summed E-state index contributed by atoms with van der Waals surface area (Å²) in [7, 11) is -0.128. The summed E-state index contributed by atoms with van der Waals surface area (Å²) < 4.78 is 34.0. The standard InChI is InChI=1S/C24H50N.H2O4S/c1-6-9-10-11-12-13-14-15-16-17-18-19-20-21-22-23-24(7-2)25(4,5)8-3;1-5(2,3)4/h15-16,24H,6-14,17-23H2,1-5H3;(H2,1,2,3,4)/q+1;/p-1/b16-15+;. The largest absolute Gasteiger partial charge is 0.726 e. The molecule has 0 saturated carbocycles. The van der Waals surface area contributed by atoms with Crippen LogP contribution in [0.2, 0.25) is 0 Å². The summed E-state index contributed by atoms with van der Waals surface area (Å²) in [6.07, 6.45) is 25.8. The number of unbranched alkanes of at least 4 members (excludes halogenated alkanes) is 11. The minimum atomic E-state index is -4.92. The van der Waals surface area contributed by atoms with Crippen molar-refractivity contribution in [1.82, 2.24) is 0 Å². The van der Waals surface area contributed by atoms with Gasteiger partial charge in [0, 0.05) is 0 Å². The molecule has 0 amide bonds. The molecule has 0 aliphatic carbocycles. The van der Waals surface area contributed by atoms with Crippen LogP contribution in [0.5, 0.6) is 0 Å². The molecule has 1 atom stereocenters. The Bertz CT molecular complexity index is 481. The van der Waals surface area contributed by atoms with E-state index in [1.165, 1.54) is 107 Å². The summed E-state index contributed by atoms with van der Waals surface area (Å²) in [6, 6.07) is 0.856. The lowest BCUT2D eigenvalue weighted by Gasteiger charge is -2.37.